The predicted octanol–water partition coefficient (Wildman–Crippen LogP) is 3.53. The van der Waals surface area contributed by atoms with E-state index in [2.05, 4.69) is 11.5 Å². The molecule has 1 aromatic carbocycles. The minimum atomic E-state index is 0.00928. The fourth-order valence-electron chi connectivity index (χ4n) is 3.54. The maximum absolute atomic E-state index is 12.9. The fraction of sp³-hybridized carbons (Fsp3) is 0.429. The van der Waals surface area contributed by atoms with Gasteiger partial charge in [-0.05, 0) is 50.4 Å². The average molecular weight is 386 g/mol. The summed E-state index contributed by atoms with van der Waals surface area (Å²) in [4.78, 5) is 30.5. The van der Waals surface area contributed by atoms with Crippen LogP contribution in [-0.4, -0.2) is 58.1 Å². The van der Waals surface area contributed by atoms with Gasteiger partial charge < -0.3 is 14.4 Å². The van der Waals surface area contributed by atoms with Gasteiger partial charge in [-0.1, -0.05) is 6.07 Å². The first-order valence-corrected chi connectivity index (χ1v) is 10.6. The Hall–Kier alpha value is -2.21. The van der Waals surface area contributed by atoms with Crippen molar-refractivity contribution in [2.45, 2.75) is 37.2 Å². The molecular weight excluding hydrogens is 358 g/mol. The van der Waals surface area contributed by atoms with Crippen molar-refractivity contribution in [1.29, 1.82) is 0 Å². The van der Waals surface area contributed by atoms with Crippen LogP contribution < -0.4 is 0 Å². The van der Waals surface area contributed by atoms with Gasteiger partial charge in [0.15, 0.2) is 0 Å². The molecule has 6 heteroatoms. The molecule has 1 unspecified atom stereocenters. The number of carbonyl (C=O) groups is 2. The molecule has 27 heavy (non-hydrogen) atoms. The summed E-state index contributed by atoms with van der Waals surface area (Å²) in [5.74, 6) is 0.200. The van der Waals surface area contributed by atoms with E-state index >= 15 is 0 Å². The van der Waals surface area contributed by atoms with E-state index in [9.17, 15) is 9.59 Å². The molecule has 5 nitrogen and oxygen atoms in total. The highest BCUT2D eigenvalue weighted by Crippen LogP contribution is 2.20. The van der Waals surface area contributed by atoms with Crippen molar-refractivity contribution >= 4 is 23.6 Å². The predicted molar refractivity (Wildman–Crippen MR) is 109 cm³/mol. The Morgan fingerprint density at radius 3 is 2.59 bits per heavy atom. The molecule has 1 aliphatic heterocycles. The number of rotatable bonds is 5. The summed E-state index contributed by atoms with van der Waals surface area (Å²) < 4.78 is 2.06. The van der Waals surface area contributed by atoms with E-state index in [1.165, 1.54) is 0 Å². The van der Waals surface area contributed by atoms with Crippen LogP contribution in [0.25, 0.3) is 0 Å². The Bertz CT molecular complexity index is 790. The van der Waals surface area contributed by atoms with Crippen LogP contribution in [0.5, 0.6) is 0 Å². The zero-order valence-electron chi connectivity index (χ0n) is 16.2. The zero-order chi connectivity index (χ0) is 19.4. The lowest BCUT2D eigenvalue weighted by Gasteiger charge is -2.40. The number of thioether (sulfide) groups is 1. The number of hydrogen-bond donors (Lipinski definition) is 0. The Morgan fingerprint density at radius 1 is 1.19 bits per heavy atom. The van der Waals surface area contributed by atoms with Crippen molar-refractivity contribution in [2.75, 3.05) is 25.9 Å². The van der Waals surface area contributed by atoms with Crippen LogP contribution in [0.15, 0.2) is 53.7 Å². The molecule has 0 radical (unpaired) electrons. The lowest BCUT2D eigenvalue weighted by atomic mass is 10.1. The first-order chi connectivity index (χ1) is 13.0. The summed E-state index contributed by atoms with van der Waals surface area (Å²) in [5, 5.41) is 0. The quantitative estimate of drug-likeness (QED) is 0.740. The molecule has 2 atom stereocenters. The number of piperazine rings is 1. The van der Waals surface area contributed by atoms with Crippen molar-refractivity contribution in [1.82, 2.24) is 14.4 Å². The number of hydrogen-bond acceptors (Lipinski definition) is 3. The van der Waals surface area contributed by atoms with Crippen molar-refractivity contribution in [3.8, 4) is 0 Å². The third-order valence-corrected chi connectivity index (χ3v) is 5.89. The second-order valence-electron chi connectivity index (χ2n) is 7.10. The van der Waals surface area contributed by atoms with Crippen LogP contribution in [0.3, 0.4) is 0 Å². The van der Waals surface area contributed by atoms with Gasteiger partial charge in [-0.25, -0.2) is 0 Å². The van der Waals surface area contributed by atoms with Crippen LogP contribution in [0.2, 0.25) is 0 Å². The van der Waals surface area contributed by atoms with Gasteiger partial charge >= 0.3 is 0 Å². The SMILES string of the molecule is CSc1cccc(C(=O)N2CCN(C(=O)CC(C)n3cccc3)C[C@@H]2C)c1. The normalized spacial score (nSPS) is 18.4. The molecule has 1 saturated heterocycles. The number of nitrogens with zero attached hydrogens (tertiary/aromatic N) is 3. The fourth-order valence-corrected chi connectivity index (χ4v) is 4.00. The molecule has 1 aromatic heterocycles. The van der Waals surface area contributed by atoms with Crippen molar-refractivity contribution in [3.05, 3.63) is 54.4 Å². The molecule has 144 valence electrons. The maximum atomic E-state index is 12.9. The molecule has 0 bridgehead atoms. The Labute approximate surface area is 165 Å². The number of aromatic nitrogens is 1. The van der Waals surface area contributed by atoms with E-state index in [-0.39, 0.29) is 23.9 Å². The highest BCUT2D eigenvalue weighted by molar-refractivity contribution is 7.98. The van der Waals surface area contributed by atoms with E-state index in [4.69, 9.17) is 0 Å². The van der Waals surface area contributed by atoms with Gasteiger partial charge in [0.1, 0.15) is 0 Å². The molecule has 0 aliphatic carbocycles. The van der Waals surface area contributed by atoms with E-state index in [1.807, 2.05) is 71.8 Å². The zero-order valence-corrected chi connectivity index (χ0v) is 17.0. The van der Waals surface area contributed by atoms with Crippen molar-refractivity contribution in [3.63, 3.8) is 0 Å². The molecule has 0 saturated carbocycles. The lowest BCUT2D eigenvalue weighted by molar-refractivity contribution is -0.134. The third-order valence-electron chi connectivity index (χ3n) is 5.16. The van der Waals surface area contributed by atoms with Gasteiger partial charge in [0.2, 0.25) is 5.91 Å². The summed E-state index contributed by atoms with van der Waals surface area (Å²) in [5.41, 5.74) is 0.717. The monoisotopic (exact) mass is 385 g/mol. The second kappa shape index (κ2) is 8.65. The van der Waals surface area contributed by atoms with Gasteiger partial charge in [-0.15, -0.1) is 11.8 Å². The van der Waals surface area contributed by atoms with Crippen LogP contribution in [-0.2, 0) is 4.79 Å². The smallest absolute Gasteiger partial charge is 0.254 e. The summed E-state index contributed by atoms with van der Waals surface area (Å²) in [6.45, 7) is 5.83. The molecule has 2 aromatic rings. The largest absolute Gasteiger partial charge is 0.351 e. The highest BCUT2D eigenvalue weighted by atomic mass is 32.2. The topological polar surface area (TPSA) is 45.6 Å². The lowest BCUT2D eigenvalue weighted by Crippen LogP contribution is -2.55. The van der Waals surface area contributed by atoms with Crippen molar-refractivity contribution in [2.24, 2.45) is 0 Å². The number of carbonyl (C=O) groups excluding carboxylic acids is 2. The van der Waals surface area contributed by atoms with Crippen LogP contribution in [0.4, 0.5) is 0 Å². The van der Waals surface area contributed by atoms with E-state index < -0.39 is 0 Å². The molecule has 2 amide bonds. The number of benzene rings is 1. The molecular formula is C21H27N3O2S. The minimum Gasteiger partial charge on any atom is -0.351 e. The van der Waals surface area contributed by atoms with E-state index in [0.717, 1.165) is 10.5 Å². The van der Waals surface area contributed by atoms with Gasteiger partial charge in [0.05, 0.1) is 0 Å². The highest BCUT2D eigenvalue weighted by Gasteiger charge is 2.30. The van der Waals surface area contributed by atoms with Gasteiger partial charge in [-0.3, -0.25) is 9.59 Å². The van der Waals surface area contributed by atoms with Crippen molar-refractivity contribution < 1.29 is 9.59 Å². The van der Waals surface area contributed by atoms with Crippen LogP contribution in [0, 0.1) is 0 Å². The Morgan fingerprint density at radius 2 is 1.93 bits per heavy atom. The van der Waals surface area contributed by atoms with E-state index in [1.54, 1.807) is 11.8 Å². The molecule has 1 aliphatic rings. The van der Waals surface area contributed by atoms with Gasteiger partial charge in [-0.2, -0.15) is 0 Å². The number of amides is 2. The second-order valence-corrected chi connectivity index (χ2v) is 7.98. The molecule has 1 fully saturated rings. The summed E-state index contributed by atoms with van der Waals surface area (Å²) in [7, 11) is 0. The first-order valence-electron chi connectivity index (χ1n) is 9.35. The molecule has 0 N–H and O–H groups in total. The van der Waals surface area contributed by atoms with Gasteiger partial charge in [0.25, 0.3) is 5.91 Å². The molecule has 2 heterocycles. The average Bonchev–Trinajstić information content (AvgIpc) is 3.22. The Balaban J connectivity index is 1.59. The van der Waals surface area contributed by atoms with Gasteiger partial charge in [0, 0.05) is 61.0 Å². The molecule has 3 rings (SSSR count). The standard InChI is InChI=1S/C21H27N3O2S/c1-16(22-9-4-5-10-22)13-20(25)23-11-12-24(17(2)15-23)21(26)18-7-6-8-19(14-18)27-3/h4-10,14,16-17H,11-13,15H2,1-3H3/t16?,17-/m0/s1. The Kier molecular flexibility index (Phi) is 6.26. The summed E-state index contributed by atoms with van der Waals surface area (Å²) in [6.07, 6.45) is 6.45. The maximum Gasteiger partial charge on any atom is 0.254 e. The summed E-state index contributed by atoms with van der Waals surface area (Å²) in [6, 6.07) is 11.8. The molecule has 0 spiro atoms. The third kappa shape index (κ3) is 4.56. The summed E-state index contributed by atoms with van der Waals surface area (Å²) >= 11 is 1.63. The van der Waals surface area contributed by atoms with Crippen LogP contribution >= 0.6 is 11.8 Å². The van der Waals surface area contributed by atoms with E-state index in [0.29, 0.717) is 26.1 Å². The van der Waals surface area contributed by atoms with Crippen LogP contribution in [0.1, 0.15) is 36.7 Å². The minimum absolute atomic E-state index is 0.00928. The first kappa shape index (κ1) is 19.5.